The molecule has 0 fully saturated rings. The lowest BCUT2D eigenvalue weighted by atomic mass is 10.1. The standard InChI is InChI=1S/C16H15F2NO/c1-11-7-8-15(18)13(9-11)16(20)19(2)10-12-5-3-4-6-14(12)17/h3-9H,10H2,1-2H3. The van der Waals surface area contributed by atoms with Gasteiger partial charge in [0.25, 0.3) is 5.91 Å². The van der Waals surface area contributed by atoms with Crippen molar-refractivity contribution in [2.75, 3.05) is 7.05 Å². The Labute approximate surface area is 116 Å². The summed E-state index contributed by atoms with van der Waals surface area (Å²) in [5.74, 6) is -1.41. The second-order valence-corrected chi connectivity index (χ2v) is 4.74. The number of aryl methyl sites for hydroxylation is 1. The van der Waals surface area contributed by atoms with E-state index in [4.69, 9.17) is 0 Å². The zero-order valence-electron chi connectivity index (χ0n) is 11.4. The molecule has 2 aromatic rings. The Bertz CT molecular complexity index is 640. The molecule has 0 spiro atoms. The maximum Gasteiger partial charge on any atom is 0.256 e. The molecule has 0 aliphatic heterocycles. The number of hydrogen-bond acceptors (Lipinski definition) is 1. The molecule has 2 rings (SSSR count). The van der Waals surface area contributed by atoms with Crippen LogP contribution in [0.25, 0.3) is 0 Å². The Kier molecular flexibility index (Phi) is 4.13. The summed E-state index contributed by atoms with van der Waals surface area (Å²) in [6.07, 6.45) is 0. The van der Waals surface area contributed by atoms with E-state index < -0.39 is 11.7 Å². The van der Waals surface area contributed by atoms with Gasteiger partial charge in [0.15, 0.2) is 0 Å². The smallest absolute Gasteiger partial charge is 0.256 e. The minimum atomic E-state index is -0.569. The van der Waals surface area contributed by atoms with Crippen molar-refractivity contribution in [2.24, 2.45) is 0 Å². The highest BCUT2D eigenvalue weighted by molar-refractivity contribution is 5.94. The third-order valence-electron chi connectivity index (χ3n) is 3.06. The maximum atomic E-state index is 13.7. The summed E-state index contributed by atoms with van der Waals surface area (Å²) in [7, 11) is 1.52. The average molecular weight is 275 g/mol. The summed E-state index contributed by atoms with van der Waals surface area (Å²) in [5.41, 5.74) is 1.20. The molecule has 0 heterocycles. The van der Waals surface area contributed by atoms with Gasteiger partial charge in [-0.25, -0.2) is 8.78 Å². The van der Waals surface area contributed by atoms with Crippen LogP contribution in [-0.2, 0) is 6.54 Å². The van der Waals surface area contributed by atoms with Crippen molar-refractivity contribution >= 4 is 5.91 Å². The van der Waals surface area contributed by atoms with Gasteiger partial charge in [0.2, 0.25) is 0 Å². The zero-order valence-corrected chi connectivity index (χ0v) is 11.4. The summed E-state index contributed by atoms with van der Waals surface area (Å²) in [6, 6.07) is 10.6. The van der Waals surface area contributed by atoms with Gasteiger partial charge < -0.3 is 4.90 Å². The number of carbonyl (C=O) groups is 1. The first-order valence-electron chi connectivity index (χ1n) is 6.24. The third kappa shape index (κ3) is 3.02. The molecule has 2 nitrogen and oxygen atoms in total. The van der Waals surface area contributed by atoms with E-state index in [0.717, 1.165) is 5.56 Å². The fourth-order valence-corrected chi connectivity index (χ4v) is 1.96. The van der Waals surface area contributed by atoms with Crippen LogP contribution in [0, 0.1) is 18.6 Å². The van der Waals surface area contributed by atoms with Crippen LogP contribution in [0.4, 0.5) is 8.78 Å². The number of amides is 1. The van der Waals surface area contributed by atoms with Crippen LogP contribution in [0.5, 0.6) is 0 Å². The summed E-state index contributed by atoms with van der Waals surface area (Å²) in [4.78, 5) is 13.5. The van der Waals surface area contributed by atoms with E-state index in [1.807, 2.05) is 0 Å². The van der Waals surface area contributed by atoms with Gasteiger partial charge in [-0.3, -0.25) is 4.79 Å². The molecule has 20 heavy (non-hydrogen) atoms. The highest BCUT2D eigenvalue weighted by Crippen LogP contribution is 2.15. The SMILES string of the molecule is Cc1ccc(F)c(C(=O)N(C)Cc2ccccc2F)c1. The van der Waals surface area contributed by atoms with Crippen LogP contribution in [0.1, 0.15) is 21.5 Å². The van der Waals surface area contributed by atoms with Crippen LogP contribution in [0.15, 0.2) is 42.5 Å². The lowest BCUT2D eigenvalue weighted by Crippen LogP contribution is -2.27. The molecule has 104 valence electrons. The van der Waals surface area contributed by atoms with Gasteiger partial charge in [-0.05, 0) is 25.1 Å². The molecule has 0 unspecified atom stereocenters. The Balaban J connectivity index is 2.21. The predicted octanol–water partition coefficient (Wildman–Crippen LogP) is 3.55. The molecular weight excluding hydrogens is 260 g/mol. The molecule has 0 aromatic heterocycles. The summed E-state index contributed by atoms with van der Waals surface area (Å²) in [5, 5.41) is 0. The summed E-state index contributed by atoms with van der Waals surface area (Å²) < 4.78 is 27.2. The number of rotatable bonds is 3. The Hall–Kier alpha value is -2.23. The van der Waals surface area contributed by atoms with Gasteiger partial charge in [-0.2, -0.15) is 0 Å². The minimum absolute atomic E-state index is 0.00355. The van der Waals surface area contributed by atoms with E-state index in [1.165, 1.54) is 30.1 Å². The Morgan fingerprint density at radius 3 is 2.50 bits per heavy atom. The molecule has 2 aromatic carbocycles. The maximum absolute atomic E-state index is 13.7. The third-order valence-corrected chi connectivity index (χ3v) is 3.06. The fourth-order valence-electron chi connectivity index (χ4n) is 1.96. The fraction of sp³-hybridized carbons (Fsp3) is 0.188. The molecule has 0 saturated carbocycles. The lowest BCUT2D eigenvalue weighted by Gasteiger charge is -2.18. The van der Waals surface area contributed by atoms with E-state index in [9.17, 15) is 13.6 Å². The first-order chi connectivity index (χ1) is 9.49. The van der Waals surface area contributed by atoms with Gasteiger partial charge in [-0.15, -0.1) is 0 Å². The van der Waals surface area contributed by atoms with Crippen LogP contribution < -0.4 is 0 Å². The van der Waals surface area contributed by atoms with Crippen LogP contribution in [-0.4, -0.2) is 17.9 Å². The number of halogens is 2. The van der Waals surface area contributed by atoms with E-state index in [0.29, 0.717) is 5.56 Å². The van der Waals surface area contributed by atoms with E-state index in [1.54, 1.807) is 31.2 Å². The van der Waals surface area contributed by atoms with Crippen LogP contribution >= 0.6 is 0 Å². The first-order valence-corrected chi connectivity index (χ1v) is 6.24. The number of hydrogen-bond donors (Lipinski definition) is 0. The van der Waals surface area contributed by atoms with Gasteiger partial charge in [-0.1, -0.05) is 29.8 Å². The zero-order chi connectivity index (χ0) is 14.7. The van der Waals surface area contributed by atoms with Gasteiger partial charge in [0.05, 0.1) is 5.56 Å². The quantitative estimate of drug-likeness (QED) is 0.839. The van der Waals surface area contributed by atoms with E-state index >= 15 is 0 Å². The van der Waals surface area contributed by atoms with Crippen molar-refractivity contribution in [3.63, 3.8) is 0 Å². The van der Waals surface area contributed by atoms with E-state index in [2.05, 4.69) is 0 Å². The van der Waals surface area contributed by atoms with Crippen LogP contribution in [0.3, 0.4) is 0 Å². The number of carbonyl (C=O) groups excluding carboxylic acids is 1. The molecular formula is C16H15F2NO. The van der Waals surface area contributed by atoms with Crippen LogP contribution in [0.2, 0.25) is 0 Å². The largest absolute Gasteiger partial charge is 0.337 e. The van der Waals surface area contributed by atoms with Crippen molar-refractivity contribution in [2.45, 2.75) is 13.5 Å². The molecule has 0 aliphatic carbocycles. The molecule has 0 aliphatic rings. The second kappa shape index (κ2) is 5.82. The lowest BCUT2D eigenvalue weighted by molar-refractivity contribution is 0.0779. The number of benzene rings is 2. The topological polar surface area (TPSA) is 20.3 Å². The normalized spacial score (nSPS) is 10.4. The van der Waals surface area contributed by atoms with Crippen molar-refractivity contribution in [3.05, 3.63) is 70.8 Å². The van der Waals surface area contributed by atoms with Crippen molar-refractivity contribution in [1.82, 2.24) is 4.90 Å². The highest BCUT2D eigenvalue weighted by Gasteiger charge is 2.17. The number of nitrogens with zero attached hydrogens (tertiary/aromatic N) is 1. The van der Waals surface area contributed by atoms with Crippen molar-refractivity contribution in [1.29, 1.82) is 0 Å². The monoisotopic (exact) mass is 275 g/mol. The molecule has 1 amide bonds. The molecule has 0 N–H and O–H groups in total. The average Bonchev–Trinajstić information content (AvgIpc) is 2.43. The predicted molar refractivity (Wildman–Crippen MR) is 73.3 cm³/mol. The molecule has 0 bridgehead atoms. The highest BCUT2D eigenvalue weighted by atomic mass is 19.1. The molecule has 0 radical (unpaired) electrons. The van der Waals surface area contributed by atoms with E-state index in [-0.39, 0.29) is 17.9 Å². The van der Waals surface area contributed by atoms with Gasteiger partial charge >= 0.3 is 0 Å². The van der Waals surface area contributed by atoms with Gasteiger partial charge in [0.1, 0.15) is 11.6 Å². The minimum Gasteiger partial charge on any atom is -0.337 e. The first kappa shape index (κ1) is 14.2. The van der Waals surface area contributed by atoms with Gasteiger partial charge in [0, 0.05) is 19.2 Å². The second-order valence-electron chi connectivity index (χ2n) is 4.74. The Morgan fingerprint density at radius 2 is 1.80 bits per heavy atom. The Morgan fingerprint density at radius 1 is 1.10 bits per heavy atom. The van der Waals surface area contributed by atoms with Crippen molar-refractivity contribution in [3.8, 4) is 0 Å². The summed E-state index contributed by atoms with van der Waals surface area (Å²) in [6.45, 7) is 1.88. The molecule has 0 atom stereocenters. The molecule has 4 heteroatoms. The molecule has 0 saturated heterocycles. The summed E-state index contributed by atoms with van der Waals surface area (Å²) >= 11 is 0. The van der Waals surface area contributed by atoms with Crippen molar-refractivity contribution < 1.29 is 13.6 Å².